The first-order chi connectivity index (χ1) is 13.3. The first-order valence-electron chi connectivity index (χ1n) is 8.67. The van der Waals surface area contributed by atoms with Crippen molar-refractivity contribution in [2.45, 2.75) is 38.9 Å². The predicted octanol–water partition coefficient (Wildman–Crippen LogP) is 3.62. The minimum atomic E-state index is -4.53. The molecule has 4 rings (SSSR count). The summed E-state index contributed by atoms with van der Waals surface area (Å²) in [6.07, 6.45) is -0.476. The largest absolute Gasteiger partial charge is 0.421 e. The van der Waals surface area contributed by atoms with Crippen LogP contribution in [-0.4, -0.2) is 32.0 Å². The zero-order chi connectivity index (χ0) is 20.1. The van der Waals surface area contributed by atoms with Gasteiger partial charge in [0, 0.05) is 18.8 Å². The average Bonchev–Trinajstić information content (AvgIpc) is 3.32. The van der Waals surface area contributed by atoms with Crippen molar-refractivity contribution in [3.8, 4) is 0 Å². The molecule has 1 aliphatic rings. The highest BCUT2D eigenvalue weighted by Gasteiger charge is 2.35. The van der Waals surface area contributed by atoms with Gasteiger partial charge in [0.25, 0.3) is 0 Å². The summed E-state index contributed by atoms with van der Waals surface area (Å²) in [5.74, 6) is 0.550. The lowest BCUT2D eigenvalue weighted by Crippen LogP contribution is -2.13. The lowest BCUT2D eigenvalue weighted by atomic mass is 10.2. The molecule has 0 spiro atoms. The number of hydrogen-bond donors (Lipinski definition) is 2. The Morgan fingerprint density at radius 1 is 1.25 bits per heavy atom. The molecule has 0 aromatic carbocycles. The molecule has 0 aliphatic heterocycles. The van der Waals surface area contributed by atoms with Crippen molar-refractivity contribution >= 4 is 17.5 Å². The Kier molecular flexibility index (Phi) is 4.24. The highest BCUT2D eigenvalue weighted by Crippen LogP contribution is 2.38. The number of aryl methyl sites for hydroxylation is 1. The standard InChI is InChI=1S/C17H18F3N7O/c1-8-10-4-5-13(14(10)28-26-8)27-9(2)12(7-23-27)24-16-22-6-11(17(18,19)20)15(21-3)25-16/h6-7,13H,4-5H2,1-3H3,(H2,21,22,24,25). The molecule has 8 nitrogen and oxygen atoms in total. The number of hydrogen-bond acceptors (Lipinski definition) is 7. The molecule has 0 saturated carbocycles. The minimum absolute atomic E-state index is 0.0441. The normalized spacial score (nSPS) is 16.3. The van der Waals surface area contributed by atoms with Gasteiger partial charge >= 0.3 is 6.18 Å². The maximum Gasteiger partial charge on any atom is 0.421 e. The van der Waals surface area contributed by atoms with Crippen LogP contribution in [-0.2, 0) is 12.6 Å². The fraction of sp³-hybridized carbons (Fsp3) is 0.412. The predicted molar refractivity (Wildman–Crippen MR) is 94.5 cm³/mol. The number of nitrogens with zero attached hydrogens (tertiary/aromatic N) is 5. The number of rotatable bonds is 4. The second kappa shape index (κ2) is 6.50. The third-order valence-electron chi connectivity index (χ3n) is 4.90. The number of halogens is 3. The maximum atomic E-state index is 13.0. The molecule has 0 radical (unpaired) electrons. The second-order valence-electron chi connectivity index (χ2n) is 6.58. The van der Waals surface area contributed by atoms with E-state index < -0.39 is 11.7 Å². The fourth-order valence-electron chi connectivity index (χ4n) is 3.44. The van der Waals surface area contributed by atoms with E-state index in [-0.39, 0.29) is 17.8 Å². The molecule has 1 atom stereocenters. The van der Waals surface area contributed by atoms with Gasteiger partial charge in [-0.05, 0) is 26.7 Å². The van der Waals surface area contributed by atoms with E-state index in [1.807, 2.05) is 18.5 Å². The SMILES string of the molecule is CNc1nc(Nc2cnn(C3CCc4c(C)noc43)c2C)ncc1C(F)(F)F. The van der Waals surface area contributed by atoms with Gasteiger partial charge in [-0.3, -0.25) is 4.68 Å². The lowest BCUT2D eigenvalue weighted by molar-refractivity contribution is -0.137. The molecule has 3 aromatic rings. The number of alkyl halides is 3. The average molecular weight is 393 g/mol. The van der Waals surface area contributed by atoms with Crippen LogP contribution in [0.15, 0.2) is 16.9 Å². The summed E-state index contributed by atoms with van der Waals surface area (Å²) in [6.45, 7) is 3.77. The van der Waals surface area contributed by atoms with Gasteiger partial charge in [0.1, 0.15) is 17.4 Å². The van der Waals surface area contributed by atoms with Crippen molar-refractivity contribution in [3.05, 3.63) is 40.7 Å². The van der Waals surface area contributed by atoms with Crippen LogP contribution in [0.5, 0.6) is 0 Å². The van der Waals surface area contributed by atoms with Crippen LogP contribution >= 0.6 is 0 Å². The lowest BCUT2D eigenvalue weighted by Gasteiger charge is -2.14. The Bertz CT molecular complexity index is 1020. The molecule has 1 unspecified atom stereocenters. The molecular weight excluding hydrogens is 375 g/mol. The van der Waals surface area contributed by atoms with E-state index in [1.54, 1.807) is 6.20 Å². The topological polar surface area (TPSA) is 93.7 Å². The number of aromatic nitrogens is 5. The molecule has 2 N–H and O–H groups in total. The minimum Gasteiger partial charge on any atom is -0.372 e. The van der Waals surface area contributed by atoms with Crippen LogP contribution in [0.3, 0.4) is 0 Å². The Labute approximate surface area is 158 Å². The Hall–Kier alpha value is -3.11. The van der Waals surface area contributed by atoms with Gasteiger partial charge in [-0.2, -0.15) is 23.3 Å². The number of fused-ring (bicyclic) bond motifs is 1. The number of anilines is 3. The third-order valence-corrected chi connectivity index (χ3v) is 4.90. The summed E-state index contributed by atoms with van der Waals surface area (Å²) in [4.78, 5) is 7.71. The van der Waals surface area contributed by atoms with Crippen molar-refractivity contribution in [1.82, 2.24) is 24.9 Å². The summed E-state index contributed by atoms with van der Waals surface area (Å²) < 4.78 is 46.3. The summed E-state index contributed by atoms with van der Waals surface area (Å²) in [5.41, 5.74) is 2.47. The van der Waals surface area contributed by atoms with Gasteiger partial charge in [0.15, 0.2) is 5.76 Å². The monoisotopic (exact) mass is 393 g/mol. The van der Waals surface area contributed by atoms with Gasteiger partial charge in [-0.25, -0.2) is 4.98 Å². The molecule has 3 heterocycles. The van der Waals surface area contributed by atoms with Crippen molar-refractivity contribution in [3.63, 3.8) is 0 Å². The van der Waals surface area contributed by atoms with E-state index in [1.165, 1.54) is 7.05 Å². The molecular formula is C17H18F3N7O. The van der Waals surface area contributed by atoms with E-state index in [2.05, 4.69) is 30.9 Å². The highest BCUT2D eigenvalue weighted by atomic mass is 19.4. The Balaban J connectivity index is 1.61. The van der Waals surface area contributed by atoms with E-state index in [0.717, 1.165) is 41.8 Å². The second-order valence-corrected chi connectivity index (χ2v) is 6.58. The van der Waals surface area contributed by atoms with E-state index in [0.29, 0.717) is 5.69 Å². The fourth-order valence-corrected chi connectivity index (χ4v) is 3.44. The molecule has 11 heteroatoms. The molecule has 1 aliphatic carbocycles. The van der Waals surface area contributed by atoms with Gasteiger partial charge in [-0.15, -0.1) is 0 Å². The van der Waals surface area contributed by atoms with E-state index >= 15 is 0 Å². The Morgan fingerprint density at radius 3 is 2.75 bits per heavy atom. The van der Waals surface area contributed by atoms with Gasteiger partial charge in [0.05, 0.1) is 23.3 Å². The summed E-state index contributed by atoms with van der Waals surface area (Å²) in [5, 5.41) is 13.8. The molecule has 0 fully saturated rings. The van der Waals surface area contributed by atoms with Gasteiger partial charge in [-0.1, -0.05) is 5.16 Å². The molecule has 28 heavy (non-hydrogen) atoms. The van der Waals surface area contributed by atoms with Crippen LogP contribution < -0.4 is 10.6 Å². The quantitative estimate of drug-likeness (QED) is 0.699. The van der Waals surface area contributed by atoms with Crippen LogP contribution in [0.4, 0.5) is 30.6 Å². The first kappa shape index (κ1) is 18.3. The molecule has 3 aromatic heterocycles. The zero-order valence-electron chi connectivity index (χ0n) is 15.4. The third kappa shape index (κ3) is 2.96. The molecule has 0 saturated heterocycles. The summed E-state index contributed by atoms with van der Waals surface area (Å²) >= 11 is 0. The summed E-state index contributed by atoms with van der Waals surface area (Å²) in [6, 6.07) is -0.0619. The van der Waals surface area contributed by atoms with Crippen molar-refractivity contribution in [2.75, 3.05) is 17.7 Å². The summed E-state index contributed by atoms with van der Waals surface area (Å²) in [7, 11) is 1.38. The van der Waals surface area contributed by atoms with Gasteiger partial charge < -0.3 is 15.2 Å². The maximum absolute atomic E-state index is 13.0. The van der Waals surface area contributed by atoms with Crippen molar-refractivity contribution in [1.29, 1.82) is 0 Å². The van der Waals surface area contributed by atoms with Crippen LogP contribution in [0, 0.1) is 13.8 Å². The smallest absolute Gasteiger partial charge is 0.372 e. The van der Waals surface area contributed by atoms with Gasteiger partial charge in [0.2, 0.25) is 5.95 Å². The van der Waals surface area contributed by atoms with E-state index in [9.17, 15) is 13.2 Å². The molecule has 148 valence electrons. The number of nitrogens with one attached hydrogen (secondary N) is 2. The molecule has 0 amide bonds. The Morgan fingerprint density at radius 2 is 2.04 bits per heavy atom. The van der Waals surface area contributed by atoms with Crippen LogP contribution in [0.25, 0.3) is 0 Å². The van der Waals surface area contributed by atoms with Crippen molar-refractivity contribution in [2.24, 2.45) is 0 Å². The zero-order valence-corrected chi connectivity index (χ0v) is 15.4. The van der Waals surface area contributed by atoms with Crippen molar-refractivity contribution < 1.29 is 17.7 Å². The highest BCUT2D eigenvalue weighted by molar-refractivity contribution is 5.58. The first-order valence-corrected chi connectivity index (χ1v) is 8.67. The van der Waals surface area contributed by atoms with Crippen LogP contribution in [0.2, 0.25) is 0 Å². The van der Waals surface area contributed by atoms with Crippen LogP contribution in [0.1, 0.15) is 40.7 Å². The van der Waals surface area contributed by atoms with E-state index in [4.69, 9.17) is 4.52 Å². The molecule has 0 bridgehead atoms.